The number of benzene rings is 4. The summed E-state index contributed by atoms with van der Waals surface area (Å²) in [5.41, 5.74) is 6.56. The first kappa shape index (κ1) is 27.9. The van der Waals surface area contributed by atoms with Gasteiger partial charge in [-0.15, -0.1) is 0 Å². The van der Waals surface area contributed by atoms with Crippen LogP contribution in [0.15, 0.2) is 83.8 Å². The molecule has 0 unspecified atom stereocenters. The first-order valence-corrected chi connectivity index (χ1v) is 13.6. The van der Waals surface area contributed by atoms with Crippen LogP contribution in [-0.2, 0) is 21.4 Å². The highest BCUT2D eigenvalue weighted by Crippen LogP contribution is 2.34. The second-order valence-corrected chi connectivity index (χ2v) is 11.2. The number of carboxylic acid groups (broad SMARTS) is 1. The van der Waals surface area contributed by atoms with Crippen molar-refractivity contribution in [3.05, 3.63) is 106 Å². The number of fused-ring (bicyclic) bond motifs is 1. The highest BCUT2D eigenvalue weighted by atomic mass is 35.5. The van der Waals surface area contributed by atoms with Crippen LogP contribution in [0.1, 0.15) is 26.3 Å². The lowest BCUT2D eigenvalue weighted by Crippen LogP contribution is -2.36. The number of nitrogens with one attached hydrogen (secondary N) is 1. The van der Waals surface area contributed by atoms with Crippen LogP contribution in [0.25, 0.3) is 10.8 Å². The van der Waals surface area contributed by atoms with Crippen molar-refractivity contribution in [2.24, 2.45) is 5.73 Å². The minimum atomic E-state index is -4.43. The van der Waals surface area contributed by atoms with Gasteiger partial charge in [0.25, 0.3) is 15.9 Å². The van der Waals surface area contributed by atoms with E-state index in [9.17, 15) is 27.9 Å². The number of carbonyl (C=O) groups is 3. The monoisotopic (exact) mass is 585 g/mol. The lowest BCUT2D eigenvalue weighted by atomic mass is 10.0. The van der Waals surface area contributed by atoms with Crippen LogP contribution in [-0.4, -0.2) is 37.9 Å². The van der Waals surface area contributed by atoms with Crippen LogP contribution in [0.3, 0.4) is 0 Å². The smallest absolute Gasteiger partial charge is 0.324 e. The van der Waals surface area contributed by atoms with Crippen molar-refractivity contribution in [1.29, 1.82) is 0 Å². The van der Waals surface area contributed by atoms with Crippen LogP contribution >= 0.6 is 23.2 Å². The zero-order chi connectivity index (χ0) is 28.3. The Labute approximate surface area is 233 Å². The SMILES string of the molecule is NC(=O)c1cccc(CNC(=O)c2cccc3c(N(CC(=O)O)S(=O)(=O)c4cc(Cl)cc(Cl)c4)cccc23)c1. The number of hydrogen-bond acceptors (Lipinski definition) is 5. The van der Waals surface area contributed by atoms with E-state index in [1.807, 2.05) is 0 Å². The summed E-state index contributed by atoms with van der Waals surface area (Å²) in [4.78, 5) is 36.0. The molecule has 4 rings (SSSR count). The highest BCUT2D eigenvalue weighted by molar-refractivity contribution is 7.93. The third kappa shape index (κ3) is 6.14. The van der Waals surface area contributed by atoms with Crippen molar-refractivity contribution < 1.29 is 27.9 Å². The summed E-state index contributed by atoms with van der Waals surface area (Å²) < 4.78 is 27.9. The van der Waals surface area contributed by atoms with Gasteiger partial charge >= 0.3 is 5.97 Å². The van der Waals surface area contributed by atoms with Crippen molar-refractivity contribution in [1.82, 2.24) is 5.32 Å². The van der Waals surface area contributed by atoms with Crippen molar-refractivity contribution in [3.8, 4) is 0 Å². The van der Waals surface area contributed by atoms with Crippen LogP contribution < -0.4 is 15.4 Å². The summed E-state index contributed by atoms with van der Waals surface area (Å²) in [6.45, 7) is -0.788. The fourth-order valence-electron chi connectivity index (χ4n) is 4.05. The summed E-state index contributed by atoms with van der Waals surface area (Å²) in [7, 11) is -4.43. The third-order valence-electron chi connectivity index (χ3n) is 5.78. The number of sulfonamides is 1. The van der Waals surface area contributed by atoms with Gasteiger partial charge in [0.15, 0.2) is 0 Å². The fraction of sp³-hybridized carbons (Fsp3) is 0.0741. The molecule has 0 atom stereocenters. The van der Waals surface area contributed by atoms with E-state index in [2.05, 4.69) is 5.32 Å². The standard InChI is InChI=1S/C27H21Cl2N3O6S/c28-18-11-19(29)13-20(12-18)39(37,38)32(15-25(33)34)24-9-3-6-21-22(24)7-2-8-23(21)27(36)31-14-16-4-1-5-17(10-16)26(30)35/h1-13H,14-15H2,(H2,30,35)(H,31,36)(H,33,34). The molecule has 2 amide bonds. The minimum Gasteiger partial charge on any atom is -0.480 e. The van der Waals surface area contributed by atoms with Crippen LogP contribution in [0, 0.1) is 0 Å². The Kier molecular flexibility index (Phi) is 8.10. The molecule has 0 aliphatic carbocycles. The normalized spacial score (nSPS) is 11.2. The zero-order valence-corrected chi connectivity index (χ0v) is 22.4. The Morgan fingerprint density at radius 2 is 1.51 bits per heavy atom. The second-order valence-electron chi connectivity index (χ2n) is 8.44. The van der Waals surface area contributed by atoms with Gasteiger partial charge in [-0.2, -0.15) is 0 Å². The van der Waals surface area contributed by atoms with E-state index in [-0.39, 0.29) is 32.7 Å². The number of primary amides is 1. The van der Waals surface area contributed by atoms with Crippen molar-refractivity contribution in [2.75, 3.05) is 10.8 Å². The topological polar surface area (TPSA) is 147 Å². The molecule has 0 radical (unpaired) electrons. The van der Waals surface area contributed by atoms with Gasteiger partial charge < -0.3 is 16.2 Å². The summed E-state index contributed by atoms with van der Waals surface area (Å²) in [6, 6.07) is 19.5. The van der Waals surface area contributed by atoms with Crippen LogP contribution in [0.2, 0.25) is 10.0 Å². The molecule has 0 saturated heterocycles. The highest BCUT2D eigenvalue weighted by Gasteiger charge is 2.29. The van der Waals surface area contributed by atoms with Crippen LogP contribution in [0.5, 0.6) is 0 Å². The first-order valence-electron chi connectivity index (χ1n) is 11.4. The van der Waals surface area contributed by atoms with E-state index in [0.29, 0.717) is 21.9 Å². The van der Waals surface area contributed by atoms with Gasteiger partial charge in [-0.1, -0.05) is 59.6 Å². The number of nitrogens with zero attached hydrogens (tertiary/aromatic N) is 1. The fourth-order valence-corrected chi connectivity index (χ4v) is 6.21. The summed E-state index contributed by atoms with van der Waals surface area (Å²) in [5.74, 6) is -2.45. The minimum absolute atomic E-state index is 0.0507. The quantitative estimate of drug-likeness (QED) is 0.264. The van der Waals surface area contributed by atoms with Gasteiger partial charge in [-0.3, -0.25) is 18.7 Å². The van der Waals surface area contributed by atoms with Gasteiger partial charge in [0, 0.05) is 33.1 Å². The summed E-state index contributed by atoms with van der Waals surface area (Å²) in [6.07, 6.45) is 0. The van der Waals surface area contributed by atoms with Crippen molar-refractivity contribution in [3.63, 3.8) is 0 Å². The Hall–Kier alpha value is -4.12. The maximum absolute atomic E-state index is 13.6. The molecule has 0 aliphatic rings. The Bertz CT molecular complexity index is 1710. The van der Waals surface area contributed by atoms with E-state index >= 15 is 0 Å². The molecule has 39 heavy (non-hydrogen) atoms. The number of amides is 2. The molecule has 4 N–H and O–H groups in total. The van der Waals surface area contributed by atoms with Gasteiger partial charge in [0.1, 0.15) is 6.54 Å². The summed E-state index contributed by atoms with van der Waals surface area (Å²) >= 11 is 12.0. The molecular weight excluding hydrogens is 565 g/mol. The third-order valence-corrected chi connectivity index (χ3v) is 7.95. The number of hydrogen-bond donors (Lipinski definition) is 3. The van der Waals surface area contributed by atoms with Gasteiger partial charge in [-0.05, 0) is 53.4 Å². The number of aliphatic carboxylic acids is 1. The number of anilines is 1. The predicted molar refractivity (Wildman–Crippen MR) is 149 cm³/mol. The number of carbonyl (C=O) groups excluding carboxylic acids is 2. The molecule has 0 bridgehead atoms. The van der Waals surface area contributed by atoms with E-state index in [0.717, 1.165) is 4.31 Å². The molecule has 9 nitrogen and oxygen atoms in total. The predicted octanol–water partition coefficient (Wildman–Crippen LogP) is 4.46. The Balaban J connectivity index is 1.74. The molecule has 0 aromatic heterocycles. The Morgan fingerprint density at radius 3 is 2.18 bits per heavy atom. The molecule has 0 spiro atoms. The van der Waals surface area contributed by atoms with E-state index in [1.54, 1.807) is 48.5 Å². The largest absolute Gasteiger partial charge is 0.480 e. The lowest BCUT2D eigenvalue weighted by molar-refractivity contribution is -0.135. The molecule has 200 valence electrons. The lowest BCUT2D eigenvalue weighted by Gasteiger charge is -2.25. The first-order chi connectivity index (χ1) is 18.5. The number of rotatable bonds is 9. The average molecular weight is 586 g/mol. The molecule has 4 aromatic carbocycles. The summed E-state index contributed by atoms with van der Waals surface area (Å²) in [5, 5.41) is 13.2. The number of carboxylic acids is 1. The molecule has 0 heterocycles. The Morgan fingerprint density at radius 1 is 0.872 bits per heavy atom. The van der Waals surface area contributed by atoms with E-state index < -0.39 is 34.4 Å². The number of nitrogens with two attached hydrogens (primary N) is 1. The van der Waals surface area contributed by atoms with Gasteiger partial charge in [-0.25, -0.2) is 8.42 Å². The maximum atomic E-state index is 13.6. The molecular formula is C27H21Cl2N3O6S. The van der Waals surface area contributed by atoms with Gasteiger partial charge in [0.05, 0.1) is 10.6 Å². The zero-order valence-electron chi connectivity index (χ0n) is 20.1. The molecule has 0 fully saturated rings. The van der Waals surface area contributed by atoms with Crippen molar-refractivity contribution in [2.45, 2.75) is 11.4 Å². The van der Waals surface area contributed by atoms with E-state index in [4.69, 9.17) is 28.9 Å². The van der Waals surface area contributed by atoms with Crippen molar-refractivity contribution >= 4 is 67.5 Å². The maximum Gasteiger partial charge on any atom is 0.324 e. The van der Waals surface area contributed by atoms with E-state index in [1.165, 1.54) is 30.3 Å². The molecule has 0 saturated carbocycles. The van der Waals surface area contributed by atoms with Gasteiger partial charge in [0.2, 0.25) is 5.91 Å². The average Bonchev–Trinajstić information content (AvgIpc) is 2.89. The van der Waals surface area contributed by atoms with Crippen LogP contribution in [0.4, 0.5) is 5.69 Å². The molecule has 12 heteroatoms. The molecule has 4 aromatic rings. The molecule has 0 aliphatic heterocycles. The second kappa shape index (κ2) is 11.3. The number of halogens is 2.